The monoisotopic (exact) mass is 183 g/mol. The fraction of sp³-hybridized carbons (Fsp3) is 0. The Kier molecular flexibility index (Phi) is 2.58. The van der Waals surface area contributed by atoms with Gasteiger partial charge in [0.2, 0.25) is 0 Å². The van der Waals surface area contributed by atoms with Gasteiger partial charge in [-0.25, -0.2) is 0 Å². The summed E-state index contributed by atoms with van der Waals surface area (Å²) in [6, 6.07) is 7.79. The Morgan fingerprint density at radius 2 is 2.10 bits per heavy atom. The molecule has 0 amide bonds. The van der Waals surface area contributed by atoms with Gasteiger partial charge in [0.25, 0.3) is 0 Å². The van der Waals surface area contributed by atoms with Crippen molar-refractivity contribution in [3.63, 3.8) is 0 Å². The molecule has 0 unspecified atom stereocenters. The Hall–Kier alpha value is -0.687. The third-order valence-electron chi connectivity index (χ3n) is 1.31. The molecule has 0 radical (unpaired) electrons. The van der Waals surface area contributed by atoms with E-state index in [4.69, 9.17) is 5.41 Å². The Balaban J connectivity index is 3.08. The maximum absolute atomic E-state index is 7.04. The van der Waals surface area contributed by atoms with Crippen LogP contribution in [-0.4, -0.2) is 6.21 Å². The molecule has 0 aliphatic rings. The Morgan fingerprint density at radius 3 is 2.60 bits per heavy atom. The van der Waals surface area contributed by atoms with Gasteiger partial charge in [0.05, 0.1) is 0 Å². The van der Waals surface area contributed by atoms with Gasteiger partial charge in [-0.3, -0.25) is 0 Å². The quantitative estimate of drug-likeness (QED) is 0.531. The average molecular weight is 185 g/mol. The fourth-order valence-corrected chi connectivity index (χ4v) is 1.46. The van der Waals surface area contributed by atoms with Gasteiger partial charge in [-0.15, -0.1) is 0 Å². The molecule has 0 fully saturated rings. The predicted octanol–water partition coefficient (Wildman–Crippen LogP) is 1.56. The molecular formula is C7H7N2Zn. The topological polar surface area (TPSA) is 35.9 Å². The molecule has 0 aliphatic heterocycles. The molecule has 0 atom stereocenters. The number of benzene rings is 1. The van der Waals surface area contributed by atoms with Crippen LogP contribution in [0.25, 0.3) is 0 Å². The molecule has 0 saturated carbocycles. The fourth-order valence-electron chi connectivity index (χ4n) is 0.784. The minimum atomic E-state index is 0.953. The minimum absolute atomic E-state index is 0.953. The molecular weight excluding hydrogens is 177 g/mol. The number of hydrogen-bond donors (Lipinski definition) is 2. The van der Waals surface area contributed by atoms with Crippen molar-refractivity contribution in [2.75, 3.05) is 4.06 Å². The van der Waals surface area contributed by atoms with Crippen molar-refractivity contribution >= 4 is 11.9 Å². The van der Waals surface area contributed by atoms with Crippen molar-refractivity contribution in [2.45, 2.75) is 0 Å². The first kappa shape index (κ1) is 7.42. The molecule has 1 rings (SSSR count). The zero-order valence-electron chi connectivity index (χ0n) is 5.59. The summed E-state index contributed by atoms with van der Waals surface area (Å²) in [6.07, 6.45) is 1.36. The molecule has 0 heterocycles. The van der Waals surface area contributed by atoms with Crippen LogP contribution in [0.4, 0.5) is 5.69 Å². The Labute approximate surface area is 70.1 Å². The van der Waals surface area contributed by atoms with E-state index in [1.54, 1.807) is 0 Å². The molecule has 0 aliphatic carbocycles. The van der Waals surface area contributed by atoms with E-state index >= 15 is 0 Å². The molecule has 1 aromatic carbocycles. The average Bonchev–Trinajstić information content (AvgIpc) is 2.04. The third kappa shape index (κ3) is 1.42. The first-order valence-electron chi connectivity index (χ1n) is 3.01. The van der Waals surface area contributed by atoms with Crippen LogP contribution in [0, 0.1) is 5.41 Å². The number of rotatable bonds is 2. The van der Waals surface area contributed by atoms with Gasteiger partial charge in [-0.05, 0) is 0 Å². The second-order valence-corrected chi connectivity index (χ2v) is 2.65. The molecule has 0 aromatic heterocycles. The van der Waals surface area contributed by atoms with Crippen molar-refractivity contribution < 1.29 is 18.5 Å². The number of anilines is 1. The van der Waals surface area contributed by atoms with Crippen LogP contribution in [0.1, 0.15) is 5.56 Å². The van der Waals surface area contributed by atoms with Gasteiger partial charge in [-0.1, -0.05) is 0 Å². The number of nitrogens with one attached hydrogen (secondary N) is 2. The summed E-state index contributed by atoms with van der Waals surface area (Å²) in [5, 5.41) is 7.04. The van der Waals surface area contributed by atoms with E-state index in [1.165, 1.54) is 6.21 Å². The van der Waals surface area contributed by atoms with Crippen molar-refractivity contribution in [2.24, 2.45) is 0 Å². The zero-order valence-corrected chi connectivity index (χ0v) is 8.56. The molecule has 1 aromatic rings. The zero-order chi connectivity index (χ0) is 7.40. The van der Waals surface area contributed by atoms with Gasteiger partial charge in [-0.2, -0.15) is 0 Å². The summed E-state index contributed by atoms with van der Waals surface area (Å²) in [7, 11) is 0. The van der Waals surface area contributed by atoms with Crippen molar-refractivity contribution in [3.05, 3.63) is 29.8 Å². The van der Waals surface area contributed by atoms with Gasteiger partial charge < -0.3 is 0 Å². The van der Waals surface area contributed by atoms with Crippen LogP contribution in [-0.2, 0) is 18.5 Å². The Morgan fingerprint density at radius 1 is 1.40 bits per heavy atom. The van der Waals surface area contributed by atoms with E-state index in [0.717, 1.165) is 29.8 Å². The maximum atomic E-state index is 7.04. The van der Waals surface area contributed by atoms with Gasteiger partial charge in [0, 0.05) is 0 Å². The summed E-state index contributed by atoms with van der Waals surface area (Å²) in [5.41, 5.74) is 2.01. The molecule has 0 spiro atoms. The van der Waals surface area contributed by atoms with Crippen LogP contribution < -0.4 is 4.06 Å². The third-order valence-corrected chi connectivity index (χ3v) is 2.11. The first-order valence-corrected chi connectivity index (χ1v) is 4.49. The second-order valence-electron chi connectivity index (χ2n) is 1.91. The van der Waals surface area contributed by atoms with Crippen molar-refractivity contribution in [3.8, 4) is 0 Å². The van der Waals surface area contributed by atoms with E-state index in [2.05, 4.69) is 4.06 Å². The molecule has 0 bridgehead atoms. The number of para-hydroxylation sites is 1. The van der Waals surface area contributed by atoms with Gasteiger partial charge in [0.1, 0.15) is 0 Å². The standard InChI is InChI=1S/C7H7N2.Zn/c8-5-6-3-1-2-4-7(6)9;/h1-5,8-9H;/q-1;+1. The van der Waals surface area contributed by atoms with E-state index in [0.29, 0.717) is 0 Å². The van der Waals surface area contributed by atoms with E-state index in [9.17, 15) is 0 Å². The van der Waals surface area contributed by atoms with E-state index < -0.39 is 0 Å². The molecule has 2 N–H and O–H groups in total. The van der Waals surface area contributed by atoms with Crippen LogP contribution in [0.3, 0.4) is 0 Å². The molecule has 2 nitrogen and oxygen atoms in total. The van der Waals surface area contributed by atoms with Gasteiger partial charge >= 0.3 is 69.7 Å². The summed E-state index contributed by atoms with van der Waals surface area (Å²) in [4.78, 5) is 0. The normalized spacial score (nSPS) is 9.00. The summed E-state index contributed by atoms with van der Waals surface area (Å²) >= 11 is 1.02. The summed E-state index contributed by atoms with van der Waals surface area (Å²) in [5.74, 6) is 0. The van der Waals surface area contributed by atoms with Crippen molar-refractivity contribution in [1.82, 2.24) is 0 Å². The molecule has 0 saturated heterocycles. The van der Waals surface area contributed by atoms with E-state index in [1.807, 2.05) is 24.3 Å². The Bertz CT molecular complexity index is 235. The predicted molar refractivity (Wildman–Crippen MR) is 38.0 cm³/mol. The van der Waals surface area contributed by atoms with Crippen LogP contribution in [0.5, 0.6) is 0 Å². The number of hydrogen-bond acceptors (Lipinski definition) is 2. The summed E-state index contributed by atoms with van der Waals surface area (Å²) in [6.45, 7) is 0. The van der Waals surface area contributed by atoms with Gasteiger partial charge in [0.15, 0.2) is 0 Å². The van der Waals surface area contributed by atoms with E-state index in [-0.39, 0.29) is 0 Å². The molecule has 3 heteroatoms. The molecule has 47 valence electrons. The molecule has 10 heavy (non-hydrogen) atoms. The van der Waals surface area contributed by atoms with Crippen LogP contribution in [0.2, 0.25) is 0 Å². The van der Waals surface area contributed by atoms with Crippen LogP contribution >= 0.6 is 0 Å². The SMILES string of the molecule is N=Cc1ccccc1[NH][Zn]. The van der Waals surface area contributed by atoms with Crippen molar-refractivity contribution in [1.29, 1.82) is 5.41 Å². The van der Waals surface area contributed by atoms with Crippen LogP contribution in [0.15, 0.2) is 24.3 Å². The first-order chi connectivity index (χ1) is 4.88. The second kappa shape index (κ2) is 3.47. The summed E-state index contributed by atoms with van der Waals surface area (Å²) < 4.78 is 3.12.